The van der Waals surface area contributed by atoms with Gasteiger partial charge in [0.2, 0.25) is 0 Å². The Morgan fingerprint density at radius 3 is 3.25 bits per heavy atom. The van der Waals surface area contributed by atoms with Crippen LogP contribution < -0.4 is 5.32 Å². The second-order valence-electron chi connectivity index (χ2n) is 3.24. The number of hydrogen-bond acceptors (Lipinski definition) is 2. The van der Waals surface area contributed by atoms with Crippen LogP contribution in [0, 0.1) is 5.13 Å². The molecule has 1 N–H and O–H groups in total. The molecule has 0 aromatic carbocycles. The highest BCUT2D eigenvalue weighted by Crippen LogP contribution is 2.28. The molecule has 1 heterocycles. The Labute approximate surface area is 75.6 Å². The van der Waals surface area contributed by atoms with Gasteiger partial charge in [-0.3, -0.25) is 0 Å². The van der Waals surface area contributed by atoms with Crippen molar-refractivity contribution in [2.45, 2.75) is 25.3 Å². The van der Waals surface area contributed by atoms with Gasteiger partial charge in [0.1, 0.15) is 0 Å². The molecule has 1 nitrogen and oxygen atoms in total. The van der Waals surface area contributed by atoms with E-state index in [0.29, 0.717) is 6.04 Å². The molecule has 1 aromatic rings. The SMILES string of the molecule is CNC1CCc2c(csc2F)C1. The third kappa shape index (κ3) is 1.27. The van der Waals surface area contributed by atoms with Crippen LogP contribution in [0.15, 0.2) is 5.38 Å². The Morgan fingerprint density at radius 1 is 1.67 bits per heavy atom. The molecule has 0 fully saturated rings. The third-order valence-electron chi connectivity index (χ3n) is 2.55. The normalized spacial score (nSPS) is 22.3. The zero-order chi connectivity index (χ0) is 8.55. The van der Waals surface area contributed by atoms with E-state index in [4.69, 9.17) is 0 Å². The van der Waals surface area contributed by atoms with Crippen molar-refractivity contribution in [1.29, 1.82) is 0 Å². The maximum absolute atomic E-state index is 13.1. The van der Waals surface area contributed by atoms with Crippen LogP contribution in [0.1, 0.15) is 17.5 Å². The lowest BCUT2D eigenvalue weighted by Gasteiger charge is -2.21. The molecule has 2 rings (SSSR count). The highest BCUT2D eigenvalue weighted by Gasteiger charge is 2.20. The van der Waals surface area contributed by atoms with Gasteiger partial charge in [-0.25, -0.2) is 0 Å². The number of nitrogens with one attached hydrogen (secondary N) is 1. The van der Waals surface area contributed by atoms with Crippen molar-refractivity contribution in [2.24, 2.45) is 0 Å². The van der Waals surface area contributed by atoms with Gasteiger partial charge in [-0.15, -0.1) is 11.3 Å². The Morgan fingerprint density at radius 2 is 2.50 bits per heavy atom. The number of thiophene rings is 1. The first-order chi connectivity index (χ1) is 5.81. The molecule has 3 heteroatoms. The van der Waals surface area contributed by atoms with Gasteiger partial charge in [0.25, 0.3) is 0 Å². The lowest BCUT2D eigenvalue weighted by atomic mass is 9.91. The van der Waals surface area contributed by atoms with E-state index < -0.39 is 0 Å². The summed E-state index contributed by atoms with van der Waals surface area (Å²) in [5, 5.41) is 5.22. The van der Waals surface area contributed by atoms with Crippen LogP contribution in [0.3, 0.4) is 0 Å². The topological polar surface area (TPSA) is 12.0 Å². The highest BCUT2D eigenvalue weighted by atomic mass is 32.1. The lowest BCUT2D eigenvalue weighted by Crippen LogP contribution is -2.31. The van der Waals surface area contributed by atoms with Crippen LogP contribution in [-0.4, -0.2) is 13.1 Å². The van der Waals surface area contributed by atoms with Crippen LogP contribution in [0.25, 0.3) is 0 Å². The Kier molecular flexibility index (Phi) is 2.15. The third-order valence-corrected chi connectivity index (χ3v) is 3.40. The minimum absolute atomic E-state index is 0.0274. The molecule has 1 aliphatic carbocycles. The highest BCUT2D eigenvalue weighted by molar-refractivity contribution is 7.08. The Hall–Kier alpha value is -0.410. The van der Waals surface area contributed by atoms with Crippen molar-refractivity contribution < 1.29 is 4.39 Å². The van der Waals surface area contributed by atoms with Crippen molar-refractivity contribution in [3.8, 4) is 0 Å². The first kappa shape index (κ1) is 8.20. The second kappa shape index (κ2) is 3.15. The fraction of sp³-hybridized carbons (Fsp3) is 0.556. The van der Waals surface area contributed by atoms with Gasteiger partial charge in [-0.1, -0.05) is 0 Å². The molecule has 0 aliphatic heterocycles. The van der Waals surface area contributed by atoms with Gasteiger partial charge in [0.15, 0.2) is 5.13 Å². The van der Waals surface area contributed by atoms with Crippen LogP contribution in [0.5, 0.6) is 0 Å². The van der Waals surface area contributed by atoms with E-state index in [9.17, 15) is 4.39 Å². The molecule has 1 aliphatic rings. The lowest BCUT2D eigenvalue weighted by molar-refractivity contribution is 0.487. The van der Waals surface area contributed by atoms with E-state index in [0.717, 1.165) is 24.8 Å². The molecule has 1 aromatic heterocycles. The molecule has 0 saturated heterocycles. The number of halogens is 1. The first-order valence-electron chi connectivity index (χ1n) is 4.23. The summed E-state index contributed by atoms with van der Waals surface area (Å²) < 4.78 is 13.1. The molecule has 0 amide bonds. The van der Waals surface area contributed by atoms with Crippen molar-refractivity contribution >= 4 is 11.3 Å². The molecule has 12 heavy (non-hydrogen) atoms. The number of rotatable bonds is 1. The summed E-state index contributed by atoms with van der Waals surface area (Å²) in [7, 11) is 1.97. The van der Waals surface area contributed by atoms with Gasteiger partial charge in [-0.05, 0) is 37.3 Å². The molecule has 66 valence electrons. The smallest absolute Gasteiger partial charge is 0.179 e. The molecular formula is C9H12FNS. The van der Waals surface area contributed by atoms with Gasteiger partial charge in [0, 0.05) is 11.6 Å². The largest absolute Gasteiger partial charge is 0.317 e. The summed E-state index contributed by atoms with van der Waals surface area (Å²) in [6.45, 7) is 0. The fourth-order valence-electron chi connectivity index (χ4n) is 1.75. The Balaban J connectivity index is 2.24. The molecule has 1 atom stereocenters. The quantitative estimate of drug-likeness (QED) is 0.705. The van der Waals surface area contributed by atoms with Crippen molar-refractivity contribution in [3.05, 3.63) is 21.6 Å². The zero-order valence-corrected chi connectivity index (χ0v) is 7.88. The van der Waals surface area contributed by atoms with Crippen LogP contribution in [0.2, 0.25) is 0 Å². The predicted octanol–water partition coefficient (Wildman–Crippen LogP) is 1.96. The molecule has 1 unspecified atom stereocenters. The van der Waals surface area contributed by atoms with Crippen molar-refractivity contribution in [3.63, 3.8) is 0 Å². The zero-order valence-electron chi connectivity index (χ0n) is 7.06. The summed E-state index contributed by atoms with van der Waals surface area (Å²) in [5.74, 6) is 0. The maximum Gasteiger partial charge on any atom is 0.179 e. The Bertz CT molecular complexity index is 282. The van der Waals surface area contributed by atoms with E-state index in [1.165, 1.54) is 16.9 Å². The molecular weight excluding hydrogens is 173 g/mol. The summed E-state index contributed by atoms with van der Waals surface area (Å²) in [6.07, 6.45) is 2.96. The molecule has 0 saturated carbocycles. The number of hydrogen-bond donors (Lipinski definition) is 1. The van der Waals surface area contributed by atoms with Gasteiger partial charge in [0.05, 0.1) is 0 Å². The van der Waals surface area contributed by atoms with Crippen molar-refractivity contribution in [2.75, 3.05) is 7.05 Å². The van der Waals surface area contributed by atoms with Crippen LogP contribution in [-0.2, 0) is 12.8 Å². The minimum Gasteiger partial charge on any atom is -0.317 e. The predicted molar refractivity (Wildman–Crippen MR) is 49.1 cm³/mol. The van der Waals surface area contributed by atoms with E-state index in [2.05, 4.69) is 5.32 Å². The average molecular weight is 185 g/mol. The number of likely N-dealkylation sites (N-methyl/N-ethyl adjacent to an activating group) is 1. The minimum atomic E-state index is 0.0274. The average Bonchev–Trinajstić information content (AvgIpc) is 2.47. The monoisotopic (exact) mass is 185 g/mol. The van der Waals surface area contributed by atoms with E-state index in [1.807, 2.05) is 12.4 Å². The molecule has 0 bridgehead atoms. The summed E-state index contributed by atoms with van der Waals surface area (Å²) in [4.78, 5) is 0. The maximum atomic E-state index is 13.1. The van der Waals surface area contributed by atoms with E-state index >= 15 is 0 Å². The van der Waals surface area contributed by atoms with E-state index in [-0.39, 0.29) is 5.13 Å². The van der Waals surface area contributed by atoms with Crippen LogP contribution in [0.4, 0.5) is 4.39 Å². The molecule has 0 radical (unpaired) electrons. The van der Waals surface area contributed by atoms with E-state index in [1.54, 1.807) is 0 Å². The van der Waals surface area contributed by atoms with Gasteiger partial charge < -0.3 is 5.32 Å². The van der Waals surface area contributed by atoms with Gasteiger partial charge >= 0.3 is 0 Å². The summed E-state index contributed by atoms with van der Waals surface area (Å²) in [5.41, 5.74) is 2.18. The standard InChI is InChI=1S/C9H12FNS/c1-11-7-2-3-8-6(4-7)5-12-9(8)10/h5,7,11H,2-4H2,1H3. The van der Waals surface area contributed by atoms with Gasteiger partial charge in [-0.2, -0.15) is 4.39 Å². The molecule has 0 spiro atoms. The number of fused-ring (bicyclic) bond motifs is 1. The second-order valence-corrected chi connectivity index (χ2v) is 4.07. The summed E-state index contributed by atoms with van der Waals surface area (Å²) >= 11 is 1.24. The van der Waals surface area contributed by atoms with Crippen LogP contribution >= 0.6 is 11.3 Å². The fourth-order valence-corrected chi connectivity index (χ4v) is 2.61. The summed E-state index contributed by atoms with van der Waals surface area (Å²) in [6, 6.07) is 0.548. The first-order valence-corrected chi connectivity index (χ1v) is 5.11. The van der Waals surface area contributed by atoms with Crippen molar-refractivity contribution in [1.82, 2.24) is 5.32 Å².